The molecule has 7 nitrogen and oxygen atoms in total. The molecule has 0 spiro atoms. The summed E-state index contributed by atoms with van der Waals surface area (Å²) in [4.78, 5) is 16.4. The molecule has 21 heavy (non-hydrogen) atoms. The predicted molar refractivity (Wildman–Crippen MR) is 77.2 cm³/mol. The number of hydrazine groups is 1. The monoisotopic (exact) mass is 283 g/mol. The van der Waals surface area contributed by atoms with Crippen molar-refractivity contribution >= 4 is 22.5 Å². The van der Waals surface area contributed by atoms with E-state index in [1.165, 1.54) is 6.26 Å². The lowest BCUT2D eigenvalue weighted by Crippen LogP contribution is -2.24. The van der Waals surface area contributed by atoms with Gasteiger partial charge in [-0.25, -0.2) is 10.8 Å². The third-order valence-electron chi connectivity index (χ3n) is 3.03. The van der Waals surface area contributed by atoms with Crippen LogP contribution in [0.2, 0.25) is 0 Å². The molecule has 0 aliphatic heterocycles. The van der Waals surface area contributed by atoms with Gasteiger partial charge in [0.2, 0.25) is 0 Å². The Hall–Kier alpha value is -2.93. The fourth-order valence-corrected chi connectivity index (χ4v) is 2.02. The summed E-state index contributed by atoms with van der Waals surface area (Å²) in [5, 5.41) is 8.18. The number of hydrogen-bond donors (Lipinski definition) is 3. The summed E-state index contributed by atoms with van der Waals surface area (Å²) in [7, 11) is 0. The number of anilines is 1. The van der Waals surface area contributed by atoms with Crippen LogP contribution >= 0.6 is 0 Å². The Morgan fingerprint density at radius 1 is 1.29 bits per heavy atom. The van der Waals surface area contributed by atoms with Gasteiger partial charge in [0.05, 0.1) is 6.54 Å². The van der Waals surface area contributed by atoms with E-state index in [4.69, 9.17) is 10.4 Å². The fourth-order valence-electron chi connectivity index (χ4n) is 2.02. The first-order valence-electron chi connectivity index (χ1n) is 6.32. The van der Waals surface area contributed by atoms with Crippen molar-refractivity contribution in [1.29, 1.82) is 0 Å². The summed E-state index contributed by atoms with van der Waals surface area (Å²) >= 11 is 0. The van der Waals surface area contributed by atoms with E-state index in [0.717, 1.165) is 10.8 Å². The first-order chi connectivity index (χ1) is 10.3. The molecule has 0 saturated carbocycles. The van der Waals surface area contributed by atoms with Gasteiger partial charge in [0, 0.05) is 11.5 Å². The molecule has 0 radical (unpaired) electrons. The number of nitrogens with zero attached hydrogens (tertiary/aromatic N) is 2. The first-order valence-corrected chi connectivity index (χ1v) is 6.32. The molecular weight excluding hydrogens is 270 g/mol. The van der Waals surface area contributed by atoms with Gasteiger partial charge in [0.15, 0.2) is 0 Å². The van der Waals surface area contributed by atoms with Crippen molar-refractivity contribution < 1.29 is 9.32 Å². The van der Waals surface area contributed by atoms with Crippen LogP contribution in [-0.2, 0) is 6.54 Å². The van der Waals surface area contributed by atoms with Crippen LogP contribution in [0.3, 0.4) is 0 Å². The number of fused-ring (bicyclic) bond motifs is 1. The third-order valence-corrected chi connectivity index (χ3v) is 3.03. The molecule has 0 fully saturated rings. The molecule has 0 atom stereocenters. The lowest BCUT2D eigenvalue weighted by Gasteiger charge is -2.08. The van der Waals surface area contributed by atoms with Crippen molar-refractivity contribution in [3.63, 3.8) is 0 Å². The summed E-state index contributed by atoms with van der Waals surface area (Å²) in [5.41, 5.74) is 3.44. The minimum atomic E-state index is -0.305. The van der Waals surface area contributed by atoms with Gasteiger partial charge in [0.1, 0.15) is 23.5 Å². The zero-order chi connectivity index (χ0) is 14.7. The van der Waals surface area contributed by atoms with Crippen molar-refractivity contribution in [2.45, 2.75) is 6.54 Å². The zero-order valence-corrected chi connectivity index (χ0v) is 11.0. The van der Waals surface area contributed by atoms with E-state index in [1.54, 1.807) is 12.1 Å². The maximum atomic E-state index is 12.2. The standard InChI is InChI=1S/C14H13N5O2/c15-18-13-11-4-2-1-3-9(11)7-12(17-13)14(20)16-8-10-5-6-21-19-10/h1-7H,8,15H2,(H,16,20)(H,17,18). The average molecular weight is 283 g/mol. The van der Waals surface area contributed by atoms with Crippen molar-refractivity contribution in [2.24, 2.45) is 5.84 Å². The highest BCUT2D eigenvalue weighted by Crippen LogP contribution is 2.21. The number of amides is 1. The maximum Gasteiger partial charge on any atom is 0.270 e. The molecule has 4 N–H and O–H groups in total. The Bertz CT molecular complexity index is 770. The first kappa shape index (κ1) is 13.1. The van der Waals surface area contributed by atoms with E-state index in [1.807, 2.05) is 24.3 Å². The molecule has 0 aliphatic rings. The molecular formula is C14H13N5O2. The number of benzene rings is 1. The van der Waals surface area contributed by atoms with Gasteiger partial charge in [-0.1, -0.05) is 29.4 Å². The number of carbonyl (C=O) groups is 1. The van der Waals surface area contributed by atoms with E-state index in [0.29, 0.717) is 11.5 Å². The van der Waals surface area contributed by atoms with Gasteiger partial charge in [-0.15, -0.1) is 0 Å². The zero-order valence-electron chi connectivity index (χ0n) is 11.0. The predicted octanol–water partition coefficient (Wildman–Crippen LogP) is 1.44. The number of nitrogen functional groups attached to an aromatic ring is 1. The molecule has 0 bridgehead atoms. The molecule has 7 heteroatoms. The molecule has 2 heterocycles. The number of carbonyl (C=O) groups excluding carboxylic acids is 1. The third kappa shape index (κ3) is 2.67. The average Bonchev–Trinajstić information content (AvgIpc) is 3.04. The minimum absolute atomic E-state index is 0.273. The normalized spacial score (nSPS) is 10.5. The van der Waals surface area contributed by atoms with E-state index >= 15 is 0 Å². The minimum Gasteiger partial charge on any atom is -0.364 e. The van der Waals surface area contributed by atoms with Crippen molar-refractivity contribution in [3.8, 4) is 0 Å². The van der Waals surface area contributed by atoms with Crippen LogP contribution in [0.5, 0.6) is 0 Å². The Labute approximate surface area is 120 Å². The van der Waals surface area contributed by atoms with E-state index in [-0.39, 0.29) is 18.1 Å². The molecule has 2 aromatic heterocycles. The highest BCUT2D eigenvalue weighted by atomic mass is 16.5. The van der Waals surface area contributed by atoms with E-state index < -0.39 is 0 Å². The van der Waals surface area contributed by atoms with Gasteiger partial charge < -0.3 is 15.3 Å². The quantitative estimate of drug-likeness (QED) is 0.494. The molecule has 0 saturated heterocycles. The highest BCUT2D eigenvalue weighted by Gasteiger charge is 2.12. The number of hydrogen-bond acceptors (Lipinski definition) is 6. The van der Waals surface area contributed by atoms with Gasteiger partial charge in [0.25, 0.3) is 5.91 Å². The molecule has 0 unspecified atom stereocenters. The van der Waals surface area contributed by atoms with E-state index in [2.05, 4.69) is 20.9 Å². The van der Waals surface area contributed by atoms with Crippen LogP contribution in [0.15, 0.2) is 47.2 Å². The number of nitrogens with one attached hydrogen (secondary N) is 2. The SMILES string of the molecule is NNc1nc(C(=O)NCc2ccon2)cc2ccccc12. The summed E-state index contributed by atoms with van der Waals surface area (Å²) in [6.45, 7) is 0.273. The molecule has 3 aromatic rings. The van der Waals surface area contributed by atoms with Crippen molar-refractivity contribution in [3.05, 3.63) is 54.0 Å². The summed E-state index contributed by atoms with van der Waals surface area (Å²) in [6.07, 6.45) is 1.45. The smallest absolute Gasteiger partial charge is 0.270 e. The van der Waals surface area contributed by atoms with Gasteiger partial charge in [-0.05, 0) is 11.5 Å². The lowest BCUT2D eigenvalue weighted by atomic mass is 10.1. The van der Waals surface area contributed by atoms with Crippen LogP contribution in [0, 0.1) is 0 Å². The van der Waals surface area contributed by atoms with Crippen LogP contribution in [0.25, 0.3) is 10.8 Å². The number of rotatable bonds is 4. The van der Waals surface area contributed by atoms with Crippen LogP contribution < -0.4 is 16.6 Å². The van der Waals surface area contributed by atoms with Gasteiger partial charge >= 0.3 is 0 Å². The second-order valence-electron chi connectivity index (χ2n) is 4.40. The molecule has 1 aromatic carbocycles. The Balaban J connectivity index is 1.87. The van der Waals surface area contributed by atoms with Crippen LogP contribution in [0.4, 0.5) is 5.82 Å². The largest absolute Gasteiger partial charge is 0.364 e. The number of aromatic nitrogens is 2. The fraction of sp³-hybridized carbons (Fsp3) is 0.0714. The van der Waals surface area contributed by atoms with Crippen LogP contribution in [-0.4, -0.2) is 16.0 Å². The lowest BCUT2D eigenvalue weighted by molar-refractivity contribution is 0.0945. The molecule has 1 amide bonds. The summed E-state index contributed by atoms with van der Waals surface area (Å²) < 4.78 is 4.70. The molecule has 0 aliphatic carbocycles. The maximum absolute atomic E-state index is 12.2. The van der Waals surface area contributed by atoms with Gasteiger partial charge in [-0.2, -0.15) is 0 Å². The Morgan fingerprint density at radius 3 is 2.90 bits per heavy atom. The van der Waals surface area contributed by atoms with Crippen molar-refractivity contribution in [1.82, 2.24) is 15.5 Å². The molecule has 106 valence electrons. The summed E-state index contributed by atoms with van der Waals surface area (Å²) in [5.74, 6) is 5.62. The van der Waals surface area contributed by atoms with Crippen LogP contribution in [0.1, 0.15) is 16.2 Å². The summed E-state index contributed by atoms with van der Waals surface area (Å²) in [6, 6.07) is 10.9. The topological polar surface area (TPSA) is 106 Å². The second kappa shape index (κ2) is 5.59. The Kier molecular flexibility index (Phi) is 3.48. The number of pyridine rings is 1. The molecule has 3 rings (SSSR count). The highest BCUT2D eigenvalue weighted by molar-refractivity contribution is 6.00. The second-order valence-corrected chi connectivity index (χ2v) is 4.40. The Morgan fingerprint density at radius 2 is 2.14 bits per heavy atom. The van der Waals surface area contributed by atoms with Gasteiger partial charge in [-0.3, -0.25) is 4.79 Å². The number of nitrogens with two attached hydrogens (primary N) is 1. The van der Waals surface area contributed by atoms with E-state index in [9.17, 15) is 4.79 Å². The van der Waals surface area contributed by atoms with Crippen molar-refractivity contribution in [2.75, 3.05) is 5.43 Å².